The fourth-order valence-electron chi connectivity index (χ4n) is 3.49. The number of hydrogen-bond donors (Lipinski definition) is 3. The zero-order valence-corrected chi connectivity index (χ0v) is 20.5. The van der Waals surface area contributed by atoms with Gasteiger partial charge in [0.2, 0.25) is 0 Å². The molecule has 188 valence electrons. The highest BCUT2D eigenvalue weighted by Crippen LogP contribution is 2.26. The number of pyridine rings is 1. The molecule has 0 aliphatic rings. The third kappa shape index (κ3) is 7.40. The van der Waals surface area contributed by atoms with E-state index in [9.17, 15) is 23.9 Å². The molecule has 1 aromatic heterocycles. The van der Waals surface area contributed by atoms with Crippen LogP contribution in [0.3, 0.4) is 0 Å². The lowest BCUT2D eigenvalue weighted by Gasteiger charge is -2.23. The zero-order valence-electron chi connectivity index (χ0n) is 19.0. The fraction of sp³-hybridized carbons (Fsp3) is 0.200. The van der Waals surface area contributed by atoms with E-state index in [2.05, 4.69) is 20.4 Å². The Kier molecular flexibility index (Phi) is 9.21. The summed E-state index contributed by atoms with van der Waals surface area (Å²) in [6, 6.07) is 12.0. The molecule has 0 aliphatic heterocycles. The minimum Gasteiger partial charge on any atom is -0.480 e. The van der Waals surface area contributed by atoms with E-state index in [-0.39, 0.29) is 18.5 Å². The second-order valence-electron chi connectivity index (χ2n) is 7.82. The smallest absolute Gasteiger partial charge is 0.407 e. The molecule has 2 aromatic carbocycles. The molecule has 11 heteroatoms. The van der Waals surface area contributed by atoms with Gasteiger partial charge < -0.3 is 20.5 Å². The number of carboxylic acid groups (broad SMARTS) is 1. The second-order valence-corrected chi connectivity index (χ2v) is 8.69. The van der Waals surface area contributed by atoms with Crippen molar-refractivity contribution in [3.05, 3.63) is 87.9 Å². The molecule has 2 amide bonds. The minimum atomic E-state index is -1.33. The number of carbonyl (C=O) groups excluding carboxylic acids is 2. The van der Waals surface area contributed by atoms with Crippen LogP contribution in [0.1, 0.15) is 22.5 Å². The number of carbonyl (C=O) groups is 3. The molecule has 3 aromatic rings. The van der Waals surface area contributed by atoms with Crippen LogP contribution in [0.25, 0.3) is 11.1 Å². The number of aliphatic carboxylic acids is 1. The Morgan fingerprint density at radius 2 is 1.72 bits per heavy atom. The summed E-state index contributed by atoms with van der Waals surface area (Å²) in [4.78, 5) is 40.1. The fourth-order valence-corrected chi connectivity index (χ4v) is 3.78. The molecule has 0 saturated carbocycles. The molecule has 0 saturated heterocycles. The number of carboxylic acids is 1. The van der Waals surface area contributed by atoms with Crippen molar-refractivity contribution < 1.29 is 28.6 Å². The number of hydrogen-bond acceptors (Lipinski definition) is 5. The first-order valence-electron chi connectivity index (χ1n) is 10.7. The number of rotatable bonds is 9. The molecule has 36 heavy (non-hydrogen) atoms. The van der Waals surface area contributed by atoms with Crippen molar-refractivity contribution in [2.24, 2.45) is 0 Å². The van der Waals surface area contributed by atoms with Crippen molar-refractivity contribution in [1.29, 1.82) is 0 Å². The number of halogens is 3. The Labute approximate surface area is 216 Å². The molecule has 0 unspecified atom stereocenters. The summed E-state index contributed by atoms with van der Waals surface area (Å²) in [7, 11) is 1.12. The van der Waals surface area contributed by atoms with E-state index < -0.39 is 35.9 Å². The molecule has 1 heterocycles. The average Bonchev–Trinajstić information content (AvgIpc) is 2.85. The summed E-state index contributed by atoms with van der Waals surface area (Å²) >= 11 is 11.8. The highest BCUT2D eigenvalue weighted by atomic mass is 35.5. The SMILES string of the molecule is COC(=O)N[C@H](C[C@@H](Cc1ccc(-c2cc(Cl)ccc2F)cc1)NC(=O)c1ccc(Cl)cn1)C(=O)O. The van der Waals surface area contributed by atoms with Gasteiger partial charge in [-0.1, -0.05) is 47.5 Å². The van der Waals surface area contributed by atoms with Gasteiger partial charge in [0.25, 0.3) is 5.91 Å². The van der Waals surface area contributed by atoms with Gasteiger partial charge in [-0.2, -0.15) is 0 Å². The molecular weight excluding hydrogens is 512 g/mol. The van der Waals surface area contributed by atoms with Crippen molar-refractivity contribution in [1.82, 2.24) is 15.6 Å². The van der Waals surface area contributed by atoms with Crippen molar-refractivity contribution in [3.63, 3.8) is 0 Å². The summed E-state index contributed by atoms with van der Waals surface area (Å²) in [6.45, 7) is 0. The molecule has 2 atom stereocenters. The number of aromatic nitrogens is 1. The van der Waals surface area contributed by atoms with Crippen molar-refractivity contribution in [2.75, 3.05) is 7.11 Å². The topological polar surface area (TPSA) is 118 Å². The van der Waals surface area contributed by atoms with E-state index in [0.29, 0.717) is 21.2 Å². The maximum atomic E-state index is 14.2. The van der Waals surface area contributed by atoms with Gasteiger partial charge in [-0.05, 0) is 54.3 Å². The third-order valence-corrected chi connectivity index (χ3v) is 5.73. The first-order chi connectivity index (χ1) is 17.2. The van der Waals surface area contributed by atoms with Gasteiger partial charge in [0.15, 0.2) is 0 Å². The van der Waals surface area contributed by atoms with Crippen molar-refractivity contribution in [2.45, 2.75) is 24.9 Å². The van der Waals surface area contributed by atoms with Crippen LogP contribution in [-0.2, 0) is 16.0 Å². The standard InChI is InChI=1S/C25H22Cl2FN3O5/c1-36-25(35)31-22(24(33)34)12-18(30-23(32)21-9-7-17(27)13-29-21)10-14-2-4-15(5-3-14)19-11-16(26)6-8-20(19)28/h2-9,11,13,18,22H,10,12H2,1H3,(H,30,32)(H,31,35)(H,33,34)/t18-,22-/m1/s1. The Bertz CT molecular complexity index is 1240. The molecule has 0 fully saturated rings. The Balaban J connectivity index is 1.83. The number of methoxy groups -OCH3 is 1. The van der Waals surface area contributed by atoms with Gasteiger partial charge in [-0.15, -0.1) is 0 Å². The van der Waals surface area contributed by atoms with Gasteiger partial charge in [0.05, 0.1) is 12.1 Å². The van der Waals surface area contributed by atoms with Crippen LogP contribution in [0.2, 0.25) is 10.0 Å². The maximum Gasteiger partial charge on any atom is 0.407 e. The van der Waals surface area contributed by atoms with E-state index in [1.54, 1.807) is 24.3 Å². The van der Waals surface area contributed by atoms with E-state index in [1.807, 2.05) is 0 Å². The van der Waals surface area contributed by atoms with E-state index in [0.717, 1.165) is 12.7 Å². The summed E-state index contributed by atoms with van der Waals surface area (Å²) in [5.41, 5.74) is 1.75. The molecule has 3 N–H and O–H groups in total. The predicted molar refractivity (Wildman–Crippen MR) is 133 cm³/mol. The quantitative estimate of drug-likeness (QED) is 0.365. The predicted octanol–water partition coefficient (Wildman–Crippen LogP) is 4.73. The number of amides is 2. The minimum absolute atomic E-state index is 0.0870. The lowest BCUT2D eigenvalue weighted by atomic mass is 9.96. The Morgan fingerprint density at radius 3 is 2.33 bits per heavy atom. The summed E-state index contributed by atoms with van der Waals surface area (Å²) in [5, 5.41) is 15.3. The van der Waals surface area contributed by atoms with E-state index in [4.69, 9.17) is 23.2 Å². The number of benzene rings is 2. The summed E-state index contributed by atoms with van der Waals surface area (Å²) < 4.78 is 18.7. The molecule has 0 spiro atoms. The number of ether oxygens (including phenoxy) is 1. The lowest BCUT2D eigenvalue weighted by Crippen LogP contribution is -2.47. The first-order valence-corrected chi connectivity index (χ1v) is 11.5. The normalized spacial score (nSPS) is 12.3. The van der Waals surface area contributed by atoms with Gasteiger partial charge >= 0.3 is 12.1 Å². The molecule has 3 rings (SSSR count). The average molecular weight is 534 g/mol. The molecular formula is C25H22Cl2FN3O5. The molecule has 0 aliphatic carbocycles. The summed E-state index contributed by atoms with van der Waals surface area (Å²) in [6.07, 6.45) is 0.469. The van der Waals surface area contributed by atoms with E-state index >= 15 is 0 Å². The first kappa shape index (κ1) is 26.9. The number of alkyl carbamates (subject to hydrolysis) is 1. The van der Waals surface area contributed by atoms with Gasteiger partial charge in [-0.25, -0.2) is 19.0 Å². The Hall–Kier alpha value is -3.69. The lowest BCUT2D eigenvalue weighted by molar-refractivity contribution is -0.139. The van der Waals surface area contributed by atoms with Crippen molar-refractivity contribution >= 4 is 41.2 Å². The van der Waals surface area contributed by atoms with Crippen LogP contribution in [0.4, 0.5) is 9.18 Å². The Morgan fingerprint density at radius 1 is 1.03 bits per heavy atom. The zero-order chi connectivity index (χ0) is 26.2. The van der Waals surface area contributed by atoms with Crippen LogP contribution < -0.4 is 10.6 Å². The highest BCUT2D eigenvalue weighted by molar-refractivity contribution is 6.31. The monoisotopic (exact) mass is 533 g/mol. The summed E-state index contributed by atoms with van der Waals surface area (Å²) in [5.74, 6) is -2.27. The van der Waals surface area contributed by atoms with E-state index in [1.165, 1.54) is 36.5 Å². The maximum absolute atomic E-state index is 14.2. The van der Waals surface area contributed by atoms with Gasteiger partial charge in [0.1, 0.15) is 17.6 Å². The second kappa shape index (κ2) is 12.3. The molecule has 0 radical (unpaired) electrons. The highest BCUT2D eigenvalue weighted by Gasteiger charge is 2.26. The van der Waals surface area contributed by atoms with Crippen molar-refractivity contribution in [3.8, 4) is 11.1 Å². The van der Waals surface area contributed by atoms with Crippen LogP contribution in [0.15, 0.2) is 60.8 Å². The largest absolute Gasteiger partial charge is 0.480 e. The number of nitrogens with zero attached hydrogens (tertiary/aromatic N) is 1. The van der Waals surface area contributed by atoms with Gasteiger partial charge in [-0.3, -0.25) is 4.79 Å². The van der Waals surface area contributed by atoms with Crippen LogP contribution >= 0.6 is 23.2 Å². The molecule has 8 nitrogen and oxygen atoms in total. The van der Waals surface area contributed by atoms with Crippen LogP contribution in [-0.4, -0.2) is 47.3 Å². The molecule has 0 bridgehead atoms. The third-order valence-electron chi connectivity index (χ3n) is 5.27. The number of nitrogens with one attached hydrogen (secondary N) is 2. The van der Waals surface area contributed by atoms with Crippen LogP contribution in [0, 0.1) is 5.82 Å². The van der Waals surface area contributed by atoms with Crippen LogP contribution in [0.5, 0.6) is 0 Å². The van der Waals surface area contributed by atoms with Gasteiger partial charge in [0, 0.05) is 22.8 Å².